The fraction of sp³-hybridized carbons (Fsp3) is 0.250. The minimum absolute atomic E-state index is 0.163. The second kappa shape index (κ2) is 6.53. The van der Waals surface area contributed by atoms with Crippen LogP contribution in [0.5, 0.6) is 0 Å². The lowest BCUT2D eigenvalue weighted by Gasteiger charge is -2.22. The summed E-state index contributed by atoms with van der Waals surface area (Å²) in [6.07, 6.45) is 0.938. The van der Waals surface area contributed by atoms with Crippen LogP contribution in [0.1, 0.15) is 35.8 Å². The first-order valence-corrected chi connectivity index (χ1v) is 7.50. The molecule has 0 radical (unpaired) electrons. The van der Waals surface area contributed by atoms with Crippen LogP contribution in [-0.2, 0) is 0 Å². The summed E-state index contributed by atoms with van der Waals surface area (Å²) in [4.78, 5) is 0. The van der Waals surface area contributed by atoms with E-state index >= 15 is 0 Å². The Kier molecular flexibility index (Phi) is 5.00. The monoisotopic (exact) mass is 340 g/mol. The van der Waals surface area contributed by atoms with Gasteiger partial charge in [-0.1, -0.05) is 43.3 Å². The summed E-state index contributed by atoms with van der Waals surface area (Å²) in [6, 6.07) is 15.2. The summed E-state index contributed by atoms with van der Waals surface area (Å²) in [5.41, 5.74) is 2.15. The number of halogens is 3. The van der Waals surface area contributed by atoms with Crippen LogP contribution in [0.4, 0.5) is 4.39 Å². The Balaban J connectivity index is 2.30. The van der Waals surface area contributed by atoms with Gasteiger partial charge in [-0.2, -0.15) is 0 Å². The van der Waals surface area contributed by atoms with Crippen LogP contribution < -0.4 is 0 Å². The molecule has 0 amide bonds. The number of hydrogen-bond acceptors (Lipinski definition) is 0. The highest BCUT2D eigenvalue weighted by atomic mass is 79.9. The third-order valence-corrected chi connectivity index (χ3v) is 4.45. The molecule has 0 heterocycles. The molecule has 2 unspecified atom stereocenters. The molecule has 100 valence electrons. The lowest BCUT2D eigenvalue weighted by atomic mass is 9.89. The van der Waals surface area contributed by atoms with E-state index in [2.05, 4.69) is 35.0 Å². The Hall–Kier alpha value is -0.860. The number of alkyl halides is 1. The Morgan fingerprint density at radius 3 is 2.37 bits per heavy atom. The molecule has 0 nitrogen and oxygen atoms in total. The fourth-order valence-corrected chi connectivity index (χ4v) is 3.08. The SMILES string of the molecule is CCC(c1ccccc1)C(Cl)c1ccc(F)c(Br)c1. The predicted octanol–water partition coefficient (Wildman–Crippen LogP) is 6.06. The Morgan fingerprint density at radius 1 is 1.11 bits per heavy atom. The molecule has 0 N–H and O–H groups in total. The number of rotatable bonds is 4. The van der Waals surface area contributed by atoms with E-state index in [9.17, 15) is 4.39 Å². The highest BCUT2D eigenvalue weighted by Gasteiger charge is 2.21. The molecular weight excluding hydrogens is 327 g/mol. The van der Waals surface area contributed by atoms with Gasteiger partial charge in [-0.3, -0.25) is 0 Å². The predicted molar refractivity (Wildman–Crippen MR) is 82.2 cm³/mol. The van der Waals surface area contributed by atoms with Crippen molar-refractivity contribution in [2.45, 2.75) is 24.6 Å². The normalized spacial score (nSPS) is 14.1. The van der Waals surface area contributed by atoms with Gasteiger partial charge < -0.3 is 0 Å². The summed E-state index contributed by atoms with van der Waals surface area (Å²) in [6.45, 7) is 2.12. The van der Waals surface area contributed by atoms with Crippen LogP contribution >= 0.6 is 27.5 Å². The second-order valence-electron chi connectivity index (χ2n) is 4.50. The minimum atomic E-state index is -0.264. The van der Waals surface area contributed by atoms with Crippen molar-refractivity contribution < 1.29 is 4.39 Å². The lowest BCUT2D eigenvalue weighted by molar-refractivity contribution is 0.613. The Labute approximate surface area is 126 Å². The molecule has 19 heavy (non-hydrogen) atoms. The smallest absolute Gasteiger partial charge is 0.137 e. The van der Waals surface area contributed by atoms with E-state index < -0.39 is 0 Å². The second-order valence-corrected chi connectivity index (χ2v) is 5.83. The van der Waals surface area contributed by atoms with E-state index in [0.29, 0.717) is 4.47 Å². The molecule has 0 aromatic heterocycles. The molecule has 0 aliphatic carbocycles. The maximum atomic E-state index is 13.3. The van der Waals surface area contributed by atoms with Gasteiger partial charge in [0.2, 0.25) is 0 Å². The average molecular weight is 342 g/mol. The maximum Gasteiger partial charge on any atom is 0.137 e. The van der Waals surface area contributed by atoms with Gasteiger partial charge >= 0.3 is 0 Å². The molecule has 0 aliphatic rings. The topological polar surface area (TPSA) is 0 Å². The Morgan fingerprint density at radius 2 is 1.79 bits per heavy atom. The highest BCUT2D eigenvalue weighted by Crippen LogP contribution is 2.39. The van der Waals surface area contributed by atoms with Gasteiger partial charge in [0, 0.05) is 5.92 Å². The molecule has 0 fully saturated rings. The van der Waals surface area contributed by atoms with Gasteiger partial charge in [0.25, 0.3) is 0 Å². The molecule has 2 aromatic carbocycles. The van der Waals surface area contributed by atoms with Crippen molar-refractivity contribution in [2.24, 2.45) is 0 Å². The maximum absolute atomic E-state index is 13.3. The van der Waals surface area contributed by atoms with Gasteiger partial charge in [-0.05, 0) is 45.6 Å². The van der Waals surface area contributed by atoms with Crippen LogP contribution in [0.15, 0.2) is 53.0 Å². The minimum Gasteiger partial charge on any atom is -0.206 e. The standard InChI is InChI=1S/C16H15BrClF/c1-2-13(11-6-4-3-5-7-11)16(18)12-8-9-15(19)14(17)10-12/h3-10,13,16H,2H2,1H3. The number of benzene rings is 2. The molecule has 2 rings (SSSR count). The molecular formula is C16H15BrClF. The van der Waals surface area contributed by atoms with Gasteiger partial charge in [0.05, 0.1) is 9.85 Å². The van der Waals surface area contributed by atoms with Gasteiger partial charge in [0.1, 0.15) is 5.82 Å². The molecule has 3 heteroatoms. The van der Waals surface area contributed by atoms with E-state index in [1.165, 1.54) is 11.6 Å². The summed E-state index contributed by atoms with van der Waals surface area (Å²) in [7, 11) is 0. The summed E-state index contributed by atoms with van der Waals surface area (Å²) >= 11 is 9.80. The molecule has 2 aromatic rings. The quantitative estimate of drug-likeness (QED) is 0.593. The largest absolute Gasteiger partial charge is 0.206 e. The molecule has 0 saturated carbocycles. The van der Waals surface area contributed by atoms with Gasteiger partial charge in [0.15, 0.2) is 0 Å². The van der Waals surface area contributed by atoms with E-state index in [0.717, 1.165) is 12.0 Å². The molecule has 2 atom stereocenters. The highest BCUT2D eigenvalue weighted by molar-refractivity contribution is 9.10. The summed E-state index contributed by atoms with van der Waals surface area (Å²) in [5.74, 6) is -0.0411. The summed E-state index contributed by atoms with van der Waals surface area (Å²) < 4.78 is 13.7. The molecule has 0 spiro atoms. The summed E-state index contributed by atoms with van der Waals surface area (Å²) in [5, 5.41) is -0.163. The third-order valence-electron chi connectivity index (χ3n) is 3.28. The van der Waals surface area contributed by atoms with Crippen molar-refractivity contribution in [2.75, 3.05) is 0 Å². The van der Waals surface area contributed by atoms with Gasteiger partial charge in [-0.25, -0.2) is 4.39 Å². The van der Waals surface area contributed by atoms with E-state index in [-0.39, 0.29) is 17.1 Å². The molecule has 0 saturated heterocycles. The third kappa shape index (κ3) is 3.37. The van der Waals surface area contributed by atoms with Crippen molar-refractivity contribution >= 4 is 27.5 Å². The van der Waals surface area contributed by atoms with Crippen molar-refractivity contribution in [1.29, 1.82) is 0 Å². The zero-order chi connectivity index (χ0) is 13.8. The van der Waals surface area contributed by atoms with Crippen LogP contribution in [0.2, 0.25) is 0 Å². The average Bonchev–Trinajstić information content (AvgIpc) is 2.44. The molecule has 0 bridgehead atoms. The zero-order valence-electron chi connectivity index (χ0n) is 10.6. The van der Waals surface area contributed by atoms with Crippen molar-refractivity contribution in [1.82, 2.24) is 0 Å². The van der Waals surface area contributed by atoms with Crippen LogP contribution in [0, 0.1) is 5.82 Å². The first-order valence-electron chi connectivity index (χ1n) is 6.27. The first kappa shape index (κ1) is 14.5. The van der Waals surface area contributed by atoms with Crippen LogP contribution in [-0.4, -0.2) is 0 Å². The van der Waals surface area contributed by atoms with Crippen LogP contribution in [0.3, 0.4) is 0 Å². The van der Waals surface area contributed by atoms with Crippen LogP contribution in [0.25, 0.3) is 0 Å². The van der Waals surface area contributed by atoms with Crippen molar-refractivity contribution in [3.8, 4) is 0 Å². The first-order chi connectivity index (χ1) is 9.13. The van der Waals surface area contributed by atoms with E-state index in [1.807, 2.05) is 18.2 Å². The van der Waals surface area contributed by atoms with Gasteiger partial charge in [-0.15, -0.1) is 11.6 Å². The van der Waals surface area contributed by atoms with Crippen molar-refractivity contribution in [3.05, 3.63) is 69.9 Å². The lowest BCUT2D eigenvalue weighted by Crippen LogP contribution is -2.05. The van der Waals surface area contributed by atoms with E-state index in [4.69, 9.17) is 11.6 Å². The zero-order valence-corrected chi connectivity index (χ0v) is 13.0. The van der Waals surface area contributed by atoms with E-state index in [1.54, 1.807) is 12.1 Å². The van der Waals surface area contributed by atoms with Crippen molar-refractivity contribution in [3.63, 3.8) is 0 Å². The molecule has 0 aliphatic heterocycles. The Bertz CT molecular complexity index is 542. The number of hydrogen-bond donors (Lipinski definition) is 0. The fourth-order valence-electron chi connectivity index (χ4n) is 2.23.